The second-order valence-corrected chi connectivity index (χ2v) is 5.67. The summed E-state index contributed by atoms with van der Waals surface area (Å²) < 4.78 is 0. The first-order valence-electron chi connectivity index (χ1n) is 7.37. The van der Waals surface area contributed by atoms with Crippen molar-refractivity contribution in [3.63, 3.8) is 0 Å². The van der Waals surface area contributed by atoms with Crippen LogP contribution in [0.25, 0.3) is 0 Å². The molecule has 0 amide bonds. The molecule has 0 saturated carbocycles. The van der Waals surface area contributed by atoms with Crippen LogP contribution in [-0.2, 0) is 0 Å². The van der Waals surface area contributed by atoms with Crippen molar-refractivity contribution < 1.29 is 0 Å². The summed E-state index contributed by atoms with van der Waals surface area (Å²) >= 11 is 5.50. The van der Waals surface area contributed by atoms with Gasteiger partial charge < -0.3 is 15.1 Å². The van der Waals surface area contributed by atoms with Gasteiger partial charge in [-0.1, -0.05) is 18.2 Å². The van der Waals surface area contributed by atoms with Crippen molar-refractivity contribution in [1.29, 1.82) is 0 Å². The largest absolute Gasteiger partial charge is 0.353 e. The standard InChI is InChI=1S/C16H19N5S/c1-13-11-15(18-12-17-13)20-7-9-21(10-8-20)16(22)19-14-5-3-2-4-6-14/h2-6,11-12H,7-10H2,1H3,(H,19,22). The highest BCUT2D eigenvalue weighted by Gasteiger charge is 2.20. The lowest BCUT2D eigenvalue weighted by Crippen LogP contribution is -2.50. The molecule has 6 heteroatoms. The van der Waals surface area contributed by atoms with Gasteiger partial charge in [-0.2, -0.15) is 0 Å². The fraction of sp³-hybridized carbons (Fsp3) is 0.312. The van der Waals surface area contributed by atoms with Crippen molar-refractivity contribution >= 4 is 28.8 Å². The number of para-hydroxylation sites is 1. The van der Waals surface area contributed by atoms with Gasteiger partial charge in [0.1, 0.15) is 12.1 Å². The number of nitrogens with one attached hydrogen (secondary N) is 1. The van der Waals surface area contributed by atoms with Crippen LogP contribution in [0.15, 0.2) is 42.7 Å². The maximum absolute atomic E-state index is 5.50. The number of hydrogen-bond acceptors (Lipinski definition) is 4. The molecule has 1 aromatic carbocycles. The van der Waals surface area contributed by atoms with Gasteiger partial charge in [-0.05, 0) is 31.3 Å². The quantitative estimate of drug-likeness (QED) is 0.858. The lowest BCUT2D eigenvalue weighted by Gasteiger charge is -2.36. The normalized spacial score (nSPS) is 14.8. The molecule has 0 unspecified atom stereocenters. The van der Waals surface area contributed by atoms with Gasteiger partial charge in [-0.25, -0.2) is 9.97 Å². The van der Waals surface area contributed by atoms with Crippen molar-refractivity contribution in [3.8, 4) is 0 Å². The highest BCUT2D eigenvalue weighted by Crippen LogP contribution is 2.14. The SMILES string of the molecule is Cc1cc(N2CCN(C(=S)Nc3ccccc3)CC2)ncn1. The molecule has 2 aromatic rings. The number of hydrogen-bond donors (Lipinski definition) is 1. The van der Waals surface area contributed by atoms with Crippen molar-refractivity contribution in [1.82, 2.24) is 14.9 Å². The van der Waals surface area contributed by atoms with Crippen molar-refractivity contribution in [2.75, 3.05) is 36.4 Å². The summed E-state index contributed by atoms with van der Waals surface area (Å²) in [5.74, 6) is 0.995. The Hall–Kier alpha value is -2.21. The van der Waals surface area contributed by atoms with E-state index >= 15 is 0 Å². The summed E-state index contributed by atoms with van der Waals surface area (Å²) in [6.45, 7) is 5.59. The van der Waals surface area contributed by atoms with E-state index < -0.39 is 0 Å². The van der Waals surface area contributed by atoms with Gasteiger partial charge in [-0.3, -0.25) is 0 Å². The number of thiocarbonyl (C=S) groups is 1. The van der Waals surface area contributed by atoms with Gasteiger partial charge in [0.15, 0.2) is 5.11 Å². The maximum Gasteiger partial charge on any atom is 0.173 e. The topological polar surface area (TPSA) is 44.3 Å². The van der Waals surface area contributed by atoms with Crippen LogP contribution in [0.1, 0.15) is 5.69 Å². The minimum Gasteiger partial charge on any atom is -0.353 e. The molecule has 1 aliphatic rings. The van der Waals surface area contributed by atoms with E-state index in [0.29, 0.717) is 0 Å². The predicted molar refractivity (Wildman–Crippen MR) is 93.2 cm³/mol. The second kappa shape index (κ2) is 6.70. The zero-order valence-corrected chi connectivity index (χ0v) is 13.4. The highest BCUT2D eigenvalue weighted by molar-refractivity contribution is 7.80. The molecule has 1 aliphatic heterocycles. The molecule has 2 heterocycles. The maximum atomic E-state index is 5.50. The van der Waals surface area contributed by atoms with Crippen LogP contribution in [0.3, 0.4) is 0 Å². The fourth-order valence-electron chi connectivity index (χ4n) is 2.48. The number of anilines is 2. The van der Waals surface area contributed by atoms with E-state index in [1.54, 1.807) is 6.33 Å². The minimum atomic E-state index is 0.782. The van der Waals surface area contributed by atoms with Crippen LogP contribution in [0.2, 0.25) is 0 Å². The Morgan fingerprint density at radius 1 is 1.09 bits per heavy atom. The van der Waals surface area contributed by atoms with E-state index in [2.05, 4.69) is 25.1 Å². The smallest absolute Gasteiger partial charge is 0.173 e. The Bertz CT molecular complexity index is 638. The molecule has 114 valence electrons. The van der Waals surface area contributed by atoms with E-state index in [4.69, 9.17) is 12.2 Å². The number of benzene rings is 1. The van der Waals surface area contributed by atoms with Crippen LogP contribution in [-0.4, -0.2) is 46.2 Å². The summed E-state index contributed by atoms with van der Waals surface area (Å²) in [6, 6.07) is 12.1. The number of piperazine rings is 1. The summed E-state index contributed by atoms with van der Waals surface area (Å²) in [5, 5.41) is 4.07. The first-order chi connectivity index (χ1) is 10.7. The number of rotatable bonds is 2. The molecule has 0 bridgehead atoms. The number of nitrogens with zero attached hydrogens (tertiary/aromatic N) is 4. The van der Waals surface area contributed by atoms with Gasteiger partial charge in [0.2, 0.25) is 0 Å². The number of aromatic nitrogens is 2. The molecular formula is C16H19N5S. The van der Waals surface area contributed by atoms with E-state index in [-0.39, 0.29) is 0 Å². The van der Waals surface area contributed by atoms with Crippen molar-refractivity contribution in [2.24, 2.45) is 0 Å². The summed E-state index contributed by atoms with van der Waals surface area (Å²) in [7, 11) is 0. The third-order valence-corrected chi connectivity index (χ3v) is 4.07. The van der Waals surface area contributed by atoms with Crippen LogP contribution < -0.4 is 10.2 Å². The first-order valence-corrected chi connectivity index (χ1v) is 7.78. The van der Waals surface area contributed by atoms with E-state index in [9.17, 15) is 0 Å². The van der Waals surface area contributed by atoms with E-state index in [1.165, 1.54) is 0 Å². The molecular weight excluding hydrogens is 294 g/mol. The minimum absolute atomic E-state index is 0.782. The second-order valence-electron chi connectivity index (χ2n) is 5.29. The Balaban J connectivity index is 1.56. The van der Waals surface area contributed by atoms with E-state index in [0.717, 1.165) is 48.5 Å². The summed E-state index contributed by atoms with van der Waals surface area (Å²) in [4.78, 5) is 13.0. The van der Waals surface area contributed by atoms with Crippen molar-refractivity contribution in [2.45, 2.75) is 6.92 Å². The predicted octanol–water partition coefficient (Wildman–Crippen LogP) is 2.30. The molecule has 3 rings (SSSR count). The lowest BCUT2D eigenvalue weighted by atomic mass is 10.3. The monoisotopic (exact) mass is 313 g/mol. The lowest BCUT2D eigenvalue weighted by molar-refractivity contribution is 0.389. The molecule has 1 N–H and O–H groups in total. The van der Waals surface area contributed by atoms with Crippen LogP contribution in [0.4, 0.5) is 11.5 Å². The van der Waals surface area contributed by atoms with Gasteiger partial charge in [0.25, 0.3) is 0 Å². The molecule has 22 heavy (non-hydrogen) atoms. The Kier molecular flexibility index (Phi) is 4.48. The third-order valence-electron chi connectivity index (χ3n) is 3.71. The number of aryl methyl sites for hydroxylation is 1. The average Bonchev–Trinajstić information content (AvgIpc) is 2.56. The molecule has 0 spiro atoms. The summed E-state index contributed by atoms with van der Waals surface area (Å²) in [6.07, 6.45) is 1.62. The zero-order chi connectivity index (χ0) is 15.4. The van der Waals surface area contributed by atoms with Gasteiger partial charge in [0, 0.05) is 43.6 Å². The average molecular weight is 313 g/mol. The van der Waals surface area contributed by atoms with E-state index in [1.807, 2.05) is 43.3 Å². The Morgan fingerprint density at radius 2 is 1.82 bits per heavy atom. The molecule has 1 aromatic heterocycles. The van der Waals surface area contributed by atoms with Crippen LogP contribution >= 0.6 is 12.2 Å². The van der Waals surface area contributed by atoms with Gasteiger partial charge in [0.05, 0.1) is 0 Å². The van der Waals surface area contributed by atoms with Crippen molar-refractivity contribution in [3.05, 3.63) is 48.4 Å². The molecule has 0 aliphatic carbocycles. The van der Waals surface area contributed by atoms with Crippen LogP contribution in [0.5, 0.6) is 0 Å². The summed E-state index contributed by atoms with van der Waals surface area (Å²) in [5.41, 5.74) is 2.02. The van der Waals surface area contributed by atoms with Gasteiger partial charge in [-0.15, -0.1) is 0 Å². The fourth-order valence-corrected chi connectivity index (χ4v) is 2.78. The van der Waals surface area contributed by atoms with Crippen LogP contribution in [0, 0.1) is 6.92 Å². The molecule has 5 nitrogen and oxygen atoms in total. The Morgan fingerprint density at radius 3 is 2.50 bits per heavy atom. The molecule has 0 atom stereocenters. The highest BCUT2D eigenvalue weighted by atomic mass is 32.1. The molecule has 0 radical (unpaired) electrons. The third kappa shape index (κ3) is 3.51. The molecule has 1 saturated heterocycles. The Labute approximate surface area is 136 Å². The van der Waals surface area contributed by atoms with Gasteiger partial charge >= 0.3 is 0 Å². The first kappa shape index (κ1) is 14.7. The zero-order valence-electron chi connectivity index (χ0n) is 12.6. The molecule has 1 fully saturated rings.